The molecule has 0 aliphatic heterocycles. The maximum Gasteiger partial charge on any atom is 0.335 e. The third-order valence-electron chi connectivity index (χ3n) is 0.701. The highest BCUT2D eigenvalue weighted by Gasteiger charge is 2.08. The normalized spacial score (nSPS) is 17.3. The summed E-state index contributed by atoms with van der Waals surface area (Å²) in [6.45, 7) is 0.238. The molecule has 0 bridgehead atoms. The first-order valence-electron chi connectivity index (χ1n) is 2.56. The molecule has 0 aromatic rings. The standard InChI is InChI=1S/C3H9Cl2N2O2P/c4-3(5)1-2-7-10(6,8)9/h3H,1-2H2,(H4,6,7,8,9). The van der Waals surface area contributed by atoms with E-state index in [2.05, 4.69) is 5.09 Å². The molecule has 0 aliphatic carbocycles. The first kappa shape index (κ1) is 10.7. The molecule has 4 nitrogen and oxygen atoms in total. The van der Waals surface area contributed by atoms with Gasteiger partial charge in [-0.15, -0.1) is 23.2 Å². The van der Waals surface area contributed by atoms with Gasteiger partial charge in [0.1, 0.15) is 4.84 Å². The summed E-state index contributed by atoms with van der Waals surface area (Å²) in [5.41, 5.74) is 4.74. The van der Waals surface area contributed by atoms with Crippen LogP contribution < -0.4 is 10.6 Å². The molecule has 1 unspecified atom stereocenters. The van der Waals surface area contributed by atoms with Gasteiger partial charge in [-0.1, -0.05) is 0 Å². The molecule has 4 N–H and O–H groups in total. The van der Waals surface area contributed by atoms with Crippen molar-refractivity contribution in [1.29, 1.82) is 0 Å². The number of rotatable bonds is 4. The summed E-state index contributed by atoms with van der Waals surface area (Å²) in [6, 6.07) is 0. The van der Waals surface area contributed by atoms with Crippen molar-refractivity contribution >= 4 is 30.9 Å². The molecule has 0 aromatic heterocycles. The second-order valence-electron chi connectivity index (χ2n) is 1.71. The molecule has 7 heteroatoms. The minimum absolute atomic E-state index is 0.238. The summed E-state index contributed by atoms with van der Waals surface area (Å²) in [5, 5.41) is 2.17. The summed E-state index contributed by atoms with van der Waals surface area (Å²) in [5.74, 6) is 0. The zero-order valence-electron chi connectivity index (χ0n) is 5.13. The second-order valence-corrected chi connectivity index (χ2v) is 4.55. The predicted molar refractivity (Wildman–Crippen MR) is 42.1 cm³/mol. The predicted octanol–water partition coefficient (Wildman–Crippen LogP) is 0.829. The lowest BCUT2D eigenvalue weighted by molar-refractivity contribution is 0.464. The van der Waals surface area contributed by atoms with Gasteiger partial charge < -0.3 is 4.89 Å². The fourth-order valence-corrected chi connectivity index (χ4v) is 1.00. The van der Waals surface area contributed by atoms with Gasteiger partial charge in [-0.05, 0) is 6.42 Å². The van der Waals surface area contributed by atoms with Gasteiger partial charge in [0.05, 0.1) is 0 Å². The number of nitrogens with two attached hydrogens (primary N) is 1. The van der Waals surface area contributed by atoms with Crippen molar-refractivity contribution in [3.8, 4) is 0 Å². The third-order valence-corrected chi connectivity index (χ3v) is 1.81. The summed E-state index contributed by atoms with van der Waals surface area (Å²) in [4.78, 5) is 7.94. The zero-order valence-corrected chi connectivity index (χ0v) is 7.53. The minimum atomic E-state index is -3.59. The maximum atomic E-state index is 10.3. The minimum Gasteiger partial charge on any atom is -0.322 e. The second kappa shape index (κ2) is 4.54. The largest absolute Gasteiger partial charge is 0.335 e. The number of hydrogen-bond donors (Lipinski definition) is 3. The highest BCUT2D eigenvalue weighted by Crippen LogP contribution is 2.22. The Balaban J connectivity index is 3.30. The van der Waals surface area contributed by atoms with Crippen LogP contribution in [0.4, 0.5) is 0 Å². The summed E-state index contributed by atoms with van der Waals surface area (Å²) >= 11 is 10.6. The lowest BCUT2D eigenvalue weighted by Crippen LogP contribution is -2.18. The van der Waals surface area contributed by atoms with E-state index in [9.17, 15) is 4.57 Å². The Morgan fingerprint density at radius 1 is 1.70 bits per heavy atom. The Hall–Kier alpha value is 0.690. The van der Waals surface area contributed by atoms with E-state index >= 15 is 0 Å². The number of alkyl halides is 2. The van der Waals surface area contributed by atoms with Crippen molar-refractivity contribution in [2.45, 2.75) is 11.3 Å². The molecule has 0 fully saturated rings. The van der Waals surface area contributed by atoms with Crippen LogP contribution in [-0.4, -0.2) is 16.3 Å². The molecule has 0 spiro atoms. The van der Waals surface area contributed by atoms with Gasteiger partial charge in [0.15, 0.2) is 0 Å². The van der Waals surface area contributed by atoms with Crippen LogP contribution in [-0.2, 0) is 4.57 Å². The fraction of sp³-hybridized carbons (Fsp3) is 1.00. The molecule has 0 amide bonds. The molecule has 0 saturated carbocycles. The number of halogens is 2. The van der Waals surface area contributed by atoms with Crippen molar-refractivity contribution < 1.29 is 9.46 Å². The Morgan fingerprint density at radius 3 is 2.50 bits per heavy atom. The van der Waals surface area contributed by atoms with Gasteiger partial charge in [-0.2, -0.15) is 0 Å². The van der Waals surface area contributed by atoms with Gasteiger partial charge in [0.2, 0.25) is 0 Å². The first-order chi connectivity index (χ1) is 4.42. The Morgan fingerprint density at radius 2 is 2.20 bits per heavy atom. The number of nitrogens with one attached hydrogen (secondary N) is 1. The maximum absolute atomic E-state index is 10.3. The average Bonchev–Trinajstić information content (AvgIpc) is 1.59. The molecule has 0 saturated heterocycles. The van der Waals surface area contributed by atoms with E-state index < -0.39 is 12.5 Å². The highest BCUT2D eigenvalue weighted by molar-refractivity contribution is 7.53. The zero-order chi connectivity index (χ0) is 8.20. The first-order valence-corrected chi connectivity index (χ1v) is 5.16. The van der Waals surface area contributed by atoms with Gasteiger partial charge >= 0.3 is 7.67 Å². The summed E-state index contributed by atoms with van der Waals surface area (Å²) < 4.78 is 10.3. The molecule has 0 heterocycles. The van der Waals surface area contributed by atoms with E-state index in [-0.39, 0.29) is 6.54 Å². The molecule has 0 aliphatic rings. The van der Waals surface area contributed by atoms with Crippen molar-refractivity contribution in [2.24, 2.45) is 5.50 Å². The monoisotopic (exact) mass is 206 g/mol. The van der Waals surface area contributed by atoms with Gasteiger partial charge in [0, 0.05) is 6.54 Å². The SMILES string of the molecule is NP(=O)(O)NCCC(Cl)Cl. The van der Waals surface area contributed by atoms with Crippen LogP contribution >= 0.6 is 30.9 Å². The average molecular weight is 207 g/mol. The van der Waals surface area contributed by atoms with Crippen LogP contribution in [0.25, 0.3) is 0 Å². The molecule has 0 rings (SSSR count). The molecular formula is C3H9Cl2N2O2P. The molecule has 62 valence electrons. The smallest absolute Gasteiger partial charge is 0.322 e. The fourth-order valence-electron chi connectivity index (χ4n) is 0.334. The number of hydrogen-bond acceptors (Lipinski definition) is 1. The van der Waals surface area contributed by atoms with E-state index in [4.69, 9.17) is 33.6 Å². The molecular weight excluding hydrogens is 198 g/mol. The molecule has 0 radical (unpaired) electrons. The van der Waals surface area contributed by atoms with Crippen LogP contribution in [0.1, 0.15) is 6.42 Å². The van der Waals surface area contributed by atoms with Crippen LogP contribution in [0.5, 0.6) is 0 Å². The van der Waals surface area contributed by atoms with E-state index in [1.807, 2.05) is 0 Å². The van der Waals surface area contributed by atoms with Crippen LogP contribution in [0.15, 0.2) is 0 Å². The lowest BCUT2D eigenvalue weighted by atomic mass is 10.5. The van der Waals surface area contributed by atoms with Gasteiger partial charge in [0.25, 0.3) is 0 Å². The summed E-state index contributed by atoms with van der Waals surface area (Å²) in [6.07, 6.45) is 0.394. The van der Waals surface area contributed by atoms with Crippen LogP contribution in [0.3, 0.4) is 0 Å². The third kappa shape index (κ3) is 8.69. The van der Waals surface area contributed by atoms with E-state index in [1.54, 1.807) is 0 Å². The Bertz CT molecular complexity index is 136. The van der Waals surface area contributed by atoms with E-state index in [1.165, 1.54) is 0 Å². The van der Waals surface area contributed by atoms with E-state index in [0.29, 0.717) is 6.42 Å². The molecule has 10 heavy (non-hydrogen) atoms. The Kier molecular flexibility index (Phi) is 4.86. The highest BCUT2D eigenvalue weighted by atomic mass is 35.5. The topological polar surface area (TPSA) is 75.4 Å². The van der Waals surface area contributed by atoms with Crippen molar-refractivity contribution in [3.63, 3.8) is 0 Å². The van der Waals surface area contributed by atoms with Crippen molar-refractivity contribution in [1.82, 2.24) is 5.09 Å². The van der Waals surface area contributed by atoms with Gasteiger partial charge in [-0.25, -0.2) is 10.6 Å². The van der Waals surface area contributed by atoms with Gasteiger partial charge in [-0.3, -0.25) is 4.57 Å². The van der Waals surface area contributed by atoms with Crippen molar-refractivity contribution in [3.05, 3.63) is 0 Å². The molecule has 0 aromatic carbocycles. The quantitative estimate of drug-likeness (QED) is 0.471. The summed E-state index contributed by atoms with van der Waals surface area (Å²) in [7, 11) is -3.59. The Labute approximate surface area is 69.2 Å². The van der Waals surface area contributed by atoms with Crippen molar-refractivity contribution in [2.75, 3.05) is 6.54 Å². The lowest BCUT2D eigenvalue weighted by Gasteiger charge is -2.06. The van der Waals surface area contributed by atoms with E-state index in [0.717, 1.165) is 0 Å². The molecule has 1 atom stereocenters. The van der Waals surface area contributed by atoms with Crippen LogP contribution in [0, 0.1) is 0 Å². The van der Waals surface area contributed by atoms with Crippen LogP contribution in [0.2, 0.25) is 0 Å².